The molecule has 0 atom stereocenters. The fourth-order valence-corrected chi connectivity index (χ4v) is 0.283. The molecule has 1 radical (unpaired) electrons. The Hall–Kier alpha value is -0.350. The van der Waals surface area contributed by atoms with Gasteiger partial charge in [-0.3, -0.25) is 0 Å². The van der Waals surface area contributed by atoms with Crippen LogP contribution in [0.5, 0.6) is 0 Å². The Morgan fingerprint density at radius 3 is 1.20 bits per heavy atom. The third-order valence-electron chi connectivity index (χ3n) is 0.984. The van der Waals surface area contributed by atoms with Gasteiger partial charge in [0.25, 0.3) is 0 Å². The molecule has 0 aromatic heterocycles. The lowest BCUT2D eigenvalue weighted by atomic mass is 10.1. The summed E-state index contributed by atoms with van der Waals surface area (Å²) in [4.78, 5) is 0. The highest BCUT2D eigenvalue weighted by Crippen LogP contribution is 2.41. The number of halogens is 5. The molecule has 0 aromatic carbocycles. The Balaban J connectivity index is 4.40. The topological polar surface area (TPSA) is 0 Å². The molecule has 0 aliphatic heterocycles. The van der Waals surface area contributed by atoms with E-state index in [1.54, 1.807) is 0 Å². The first-order valence-electron chi connectivity index (χ1n) is 2.44. The molecular weight excluding hydrogens is 155 g/mol. The fourth-order valence-electron chi connectivity index (χ4n) is 0.283. The van der Waals surface area contributed by atoms with Crippen LogP contribution in [0.2, 0.25) is 0 Å². The predicted octanol–water partition coefficient (Wildman–Crippen LogP) is 2.80. The molecule has 0 heterocycles. The van der Waals surface area contributed by atoms with E-state index in [0.29, 0.717) is 0 Å². The maximum Gasteiger partial charge on any atom is 0.453 e. The van der Waals surface area contributed by atoms with Crippen LogP contribution in [0.4, 0.5) is 22.0 Å². The molecule has 0 nitrogen and oxygen atoms in total. The minimum absolute atomic E-state index is 0.744. The third-order valence-corrected chi connectivity index (χ3v) is 0.984. The lowest BCUT2D eigenvalue weighted by Gasteiger charge is -2.22. The molecule has 61 valence electrons. The summed E-state index contributed by atoms with van der Waals surface area (Å²) >= 11 is 0. The lowest BCUT2D eigenvalue weighted by molar-refractivity contribution is -0.273. The van der Waals surface area contributed by atoms with E-state index in [4.69, 9.17) is 0 Å². The Bertz CT molecular complexity index is 112. The Kier molecular flexibility index (Phi) is 2.28. The van der Waals surface area contributed by atoms with E-state index in [-0.39, 0.29) is 0 Å². The average molecular weight is 161 g/mol. The molecule has 0 saturated heterocycles. The highest BCUT2D eigenvalue weighted by molar-refractivity contribution is 4.99. The minimum atomic E-state index is -5.45. The summed E-state index contributed by atoms with van der Waals surface area (Å²) in [5.41, 5.74) is 0. The zero-order valence-corrected chi connectivity index (χ0v) is 5.39. The maximum atomic E-state index is 11.9. The maximum absolute atomic E-state index is 11.9. The molecule has 0 N–H and O–H groups in total. The van der Waals surface area contributed by atoms with Gasteiger partial charge in [-0.1, -0.05) is 13.8 Å². The Labute approximate surface area is 55.0 Å². The van der Waals surface area contributed by atoms with Crippen LogP contribution in [0.15, 0.2) is 0 Å². The first-order valence-corrected chi connectivity index (χ1v) is 2.44. The summed E-state index contributed by atoms with van der Waals surface area (Å²) in [6.45, 7) is 1.49. The average Bonchev–Trinajstić information content (AvgIpc) is 1.62. The van der Waals surface area contributed by atoms with E-state index in [9.17, 15) is 22.0 Å². The summed E-state index contributed by atoms with van der Waals surface area (Å²) in [6.07, 6.45) is -5.45. The summed E-state index contributed by atoms with van der Waals surface area (Å²) in [5.74, 6) is -5.59. The molecule has 0 amide bonds. The Morgan fingerprint density at radius 1 is 0.900 bits per heavy atom. The van der Waals surface area contributed by atoms with Gasteiger partial charge < -0.3 is 0 Å². The van der Waals surface area contributed by atoms with Gasteiger partial charge in [0.1, 0.15) is 0 Å². The van der Waals surface area contributed by atoms with Gasteiger partial charge in [-0.15, -0.1) is 0 Å². The van der Waals surface area contributed by atoms with Crippen molar-refractivity contribution in [2.45, 2.75) is 25.9 Å². The van der Waals surface area contributed by atoms with Crippen LogP contribution in [0.1, 0.15) is 13.8 Å². The molecule has 0 saturated carbocycles. The Morgan fingerprint density at radius 2 is 1.20 bits per heavy atom. The zero-order chi connectivity index (χ0) is 8.58. The molecule has 10 heavy (non-hydrogen) atoms. The van der Waals surface area contributed by atoms with Crippen molar-refractivity contribution in [1.29, 1.82) is 0 Å². The zero-order valence-electron chi connectivity index (χ0n) is 5.39. The van der Waals surface area contributed by atoms with Crippen molar-refractivity contribution in [3.8, 4) is 0 Å². The molecule has 0 unspecified atom stereocenters. The van der Waals surface area contributed by atoms with Gasteiger partial charge in [0.15, 0.2) is 0 Å². The van der Waals surface area contributed by atoms with Gasteiger partial charge in [0, 0.05) is 5.92 Å². The summed E-state index contributed by atoms with van der Waals surface area (Å²) in [6, 6.07) is 0. The van der Waals surface area contributed by atoms with Crippen molar-refractivity contribution in [3.63, 3.8) is 0 Å². The van der Waals surface area contributed by atoms with E-state index < -0.39 is 18.0 Å². The number of hydrogen-bond donors (Lipinski definition) is 0. The largest absolute Gasteiger partial charge is 0.453 e. The van der Waals surface area contributed by atoms with Crippen LogP contribution in [-0.4, -0.2) is 12.1 Å². The lowest BCUT2D eigenvalue weighted by Crippen LogP contribution is -2.39. The van der Waals surface area contributed by atoms with Gasteiger partial charge in [0.2, 0.25) is 0 Å². The molecule has 0 bridgehead atoms. The molecule has 0 aliphatic carbocycles. The highest BCUT2D eigenvalue weighted by atomic mass is 19.4. The summed E-state index contributed by atoms with van der Waals surface area (Å²) < 4.78 is 57.7. The van der Waals surface area contributed by atoms with Crippen LogP contribution < -0.4 is 0 Å². The van der Waals surface area contributed by atoms with Crippen LogP contribution in [0.25, 0.3) is 0 Å². The number of rotatable bonds is 1. The summed E-state index contributed by atoms with van der Waals surface area (Å²) in [5, 5.41) is 0. The summed E-state index contributed by atoms with van der Waals surface area (Å²) in [7, 11) is 0. The van der Waals surface area contributed by atoms with Crippen molar-refractivity contribution in [2.75, 3.05) is 0 Å². The smallest absolute Gasteiger partial charge is 0.196 e. The van der Waals surface area contributed by atoms with Gasteiger partial charge in [-0.05, 0) is 0 Å². The molecule has 0 rings (SSSR count). The van der Waals surface area contributed by atoms with E-state index in [1.807, 2.05) is 0 Å². The van der Waals surface area contributed by atoms with Crippen LogP contribution >= 0.6 is 0 Å². The second-order valence-electron chi connectivity index (χ2n) is 2.07. The molecule has 5 heteroatoms. The van der Waals surface area contributed by atoms with E-state index >= 15 is 0 Å². The van der Waals surface area contributed by atoms with Crippen LogP contribution in [-0.2, 0) is 0 Å². The van der Waals surface area contributed by atoms with Gasteiger partial charge >= 0.3 is 12.1 Å². The van der Waals surface area contributed by atoms with Gasteiger partial charge in [-0.25, -0.2) is 0 Å². The van der Waals surface area contributed by atoms with E-state index in [0.717, 1.165) is 13.8 Å². The SMILES string of the molecule is C[C](C)C(F)(F)C(F)(F)F. The quantitative estimate of drug-likeness (QED) is 0.518. The molecular formula is C5H6F5. The van der Waals surface area contributed by atoms with Gasteiger partial charge in [-0.2, -0.15) is 22.0 Å². The van der Waals surface area contributed by atoms with Crippen molar-refractivity contribution >= 4 is 0 Å². The second-order valence-corrected chi connectivity index (χ2v) is 2.07. The van der Waals surface area contributed by atoms with E-state index in [1.165, 1.54) is 0 Å². The van der Waals surface area contributed by atoms with E-state index in [2.05, 4.69) is 0 Å². The first kappa shape index (κ1) is 9.65. The van der Waals surface area contributed by atoms with Crippen molar-refractivity contribution in [3.05, 3.63) is 5.92 Å². The second kappa shape index (κ2) is 2.36. The monoisotopic (exact) mass is 161 g/mol. The number of alkyl halides is 5. The van der Waals surface area contributed by atoms with Crippen LogP contribution in [0, 0.1) is 5.92 Å². The van der Waals surface area contributed by atoms with Crippen molar-refractivity contribution < 1.29 is 22.0 Å². The van der Waals surface area contributed by atoms with Crippen LogP contribution in [0.3, 0.4) is 0 Å². The third kappa shape index (κ3) is 1.58. The molecule has 0 aromatic rings. The normalized spacial score (nSPS) is 14.4. The van der Waals surface area contributed by atoms with Gasteiger partial charge in [0.05, 0.1) is 0 Å². The highest BCUT2D eigenvalue weighted by Gasteiger charge is 2.59. The predicted molar refractivity (Wildman–Crippen MR) is 25.6 cm³/mol. The molecule has 0 fully saturated rings. The minimum Gasteiger partial charge on any atom is -0.196 e. The fraction of sp³-hybridized carbons (Fsp3) is 0.800. The standard InChI is InChI=1S/C5H6F5/c1-3(2)4(6,7)5(8,9)10/h1-2H3. The molecule has 0 aliphatic rings. The van der Waals surface area contributed by atoms with Crippen molar-refractivity contribution in [2.24, 2.45) is 0 Å². The van der Waals surface area contributed by atoms with Crippen molar-refractivity contribution in [1.82, 2.24) is 0 Å². The first-order chi connectivity index (χ1) is 4.19. The number of hydrogen-bond acceptors (Lipinski definition) is 0. The molecule has 0 spiro atoms.